The smallest absolute Gasteiger partial charge is 0.371 e. The van der Waals surface area contributed by atoms with Crippen LogP contribution in [-0.4, -0.2) is 27.6 Å². The van der Waals surface area contributed by atoms with Crippen molar-refractivity contribution < 1.29 is 4.92 Å². The van der Waals surface area contributed by atoms with Gasteiger partial charge in [-0.05, 0) is 53.4 Å². The third kappa shape index (κ3) is 2.61. The van der Waals surface area contributed by atoms with Crippen LogP contribution in [0.5, 0.6) is 0 Å². The number of hydrogen-bond donors (Lipinski definition) is 1. The fourth-order valence-electron chi connectivity index (χ4n) is 2.88. The summed E-state index contributed by atoms with van der Waals surface area (Å²) in [6.07, 6.45) is 3.91. The van der Waals surface area contributed by atoms with E-state index in [0.29, 0.717) is 5.82 Å². The lowest BCUT2D eigenvalue weighted by Gasteiger charge is -2.20. The van der Waals surface area contributed by atoms with Crippen LogP contribution in [0.3, 0.4) is 0 Å². The molecule has 0 radical (unpaired) electrons. The molecule has 1 aromatic carbocycles. The van der Waals surface area contributed by atoms with Crippen molar-refractivity contribution in [2.24, 2.45) is 7.05 Å². The van der Waals surface area contributed by atoms with Crippen LogP contribution in [0.4, 0.5) is 23.0 Å². The Bertz CT molecular complexity index is 704. The second kappa shape index (κ2) is 5.67. The highest BCUT2D eigenvalue weighted by atomic mass is 16.6. The van der Waals surface area contributed by atoms with E-state index < -0.39 is 4.92 Å². The Balaban J connectivity index is 1.86. The number of anilines is 3. The molecule has 3 rings (SSSR count). The minimum absolute atomic E-state index is 0.163. The van der Waals surface area contributed by atoms with Gasteiger partial charge >= 0.3 is 5.82 Å². The highest BCUT2D eigenvalue weighted by molar-refractivity contribution is 5.68. The molecule has 0 amide bonds. The summed E-state index contributed by atoms with van der Waals surface area (Å²) < 4.78 is 1.61. The monoisotopic (exact) mass is 301 g/mol. The molecule has 0 saturated carbocycles. The number of rotatable bonds is 4. The first-order valence-corrected chi connectivity index (χ1v) is 7.34. The summed E-state index contributed by atoms with van der Waals surface area (Å²) in [6.45, 7) is 4.26. The molecule has 0 spiro atoms. The van der Waals surface area contributed by atoms with E-state index >= 15 is 0 Å². The number of nitrogens with one attached hydrogen (secondary N) is 1. The van der Waals surface area contributed by atoms with Gasteiger partial charge in [-0.3, -0.25) is 4.57 Å². The second-order valence-electron chi connectivity index (χ2n) is 5.61. The van der Waals surface area contributed by atoms with E-state index in [9.17, 15) is 10.1 Å². The molecule has 7 nitrogen and oxygen atoms in total. The molecular formula is C15H19N5O2. The van der Waals surface area contributed by atoms with Crippen molar-refractivity contribution >= 4 is 23.0 Å². The van der Waals surface area contributed by atoms with Gasteiger partial charge in [0.15, 0.2) is 0 Å². The number of nitro groups is 1. The minimum Gasteiger partial charge on any atom is -0.371 e. The fraction of sp³-hybridized carbons (Fsp3) is 0.400. The Morgan fingerprint density at radius 3 is 2.68 bits per heavy atom. The fourth-order valence-corrected chi connectivity index (χ4v) is 2.88. The predicted octanol–water partition coefficient (Wildman–Crippen LogP) is 2.98. The Morgan fingerprint density at radius 2 is 2.05 bits per heavy atom. The summed E-state index contributed by atoms with van der Waals surface area (Å²) in [5.41, 5.74) is 3.23. The zero-order valence-corrected chi connectivity index (χ0v) is 12.7. The van der Waals surface area contributed by atoms with Gasteiger partial charge in [-0.2, -0.15) is 0 Å². The Hall–Kier alpha value is -2.57. The predicted molar refractivity (Wildman–Crippen MR) is 85.8 cm³/mol. The van der Waals surface area contributed by atoms with Crippen LogP contribution in [0.25, 0.3) is 0 Å². The number of imidazole rings is 1. The van der Waals surface area contributed by atoms with Crippen molar-refractivity contribution in [3.8, 4) is 0 Å². The molecule has 0 atom stereocenters. The zero-order valence-electron chi connectivity index (χ0n) is 12.7. The Morgan fingerprint density at radius 1 is 1.32 bits per heavy atom. The second-order valence-corrected chi connectivity index (χ2v) is 5.61. The lowest BCUT2D eigenvalue weighted by atomic mass is 10.1. The molecule has 1 aliphatic rings. The van der Waals surface area contributed by atoms with E-state index in [2.05, 4.69) is 28.2 Å². The van der Waals surface area contributed by atoms with Crippen molar-refractivity contribution in [3.63, 3.8) is 0 Å². The van der Waals surface area contributed by atoms with Crippen LogP contribution >= 0.6 is 0 Å². The number of hydrogen-bond acceptors (Lipinski definition) is 5. The summed E-state index contributed by atoms with van der Waals surface area (Å²) in [5.74, 6) is 0.224. The Kier molecular flexibility index (Phi) is 3.70. The average molecular weight is 301 g/mol. The molecule has 1 fully saturated rings. The van der Waals surface area contributed by atoms with Crippen molar-refractivity contribution in [2.75, 3.05) is 23.3 Å². The highest BCUT2D eigenvalue weighted by Gasteiger charge is 2.20. The van der Waals surface area contributed by atoms with Crippen LogP contribution in [0.1, 0.15) is 18.4 Å². The van der Waals surface area contributed by atoms with Crippen molar-refractivity contribution in [2.45, 2.75) is 19.8 Å². The lowest BCUT2D eigenvalue weighted by Crippen LogP contribution is -2.18. The summed E-state index contributed by atoms with van der Waals surface area (Å²) in [4.78, 5) is 16.7. The molecule has 2 heterocycles. The lowest BCUT2D eigenvalue weighted by molar-refractivity contribution is -0.388. The Labute approximate surface area is 128 Å². The minimum atomic E-state index is -0.478. The molecule has 1 aliphatic heterocycles. The molecule has 1 aromatic heterocycles. The van der Waals surface area contributed by atoms with Crippen LogP contribution in [0.2, 0.25) is 0 Å². The van der Waals surface area contributed by atoms with E-state index in [4.69, 9.17) is 0 Å². The van der Waals surface area contributed by atoms with E-state index in [0.717, 1.165) is 24.3 Å². The largest absolute Gasteiger partial charge is 0.406 e. The van der Waals surface area contributed by atoms with Crippen molar-refractivity contribution in [3.05, 3.63) is 40.2 Å². The van der Waals surface area contributed by atoms with Crippen molar-refractivity contribution in [1.29, 1.82) is 0 Å². The molecule has 22 heavy (non-hydrogen) atoms. The SMILES string of the molecule is Cc1cc(Nc2c([N+](=O)[O-])ncn2C)ccc1N1CCCC1. The van der Waals surface area contributed by atoms with E-state index in [1.54, 1.807) is 11.6 Å². The first-order valence-electron chi connectivity index (χ1n) is 7.34. The molecule has 2 aromatic rings. The van der Waals surface area contributed by atoms with Crippen LogP contribution in [0.15, 0.2) is 24.5 Å². The summed E-state index contributed by atoms with van der Waals surface area (Å²) in [5, 5.41) is 14.1. The molecule has 0 aliphatic carbocycles. The summed E-state index contributed by atoms with van der Waals surface area (Å²) in [7, 11) is 1.73. The maximum Gasteiger partial charge on any atom is 0.406 e. The molecule has 1 N–H and O–H groups in total. The standard InChI is InChI=1S/C15H19N5O2/c1-11-9-12(5-6-13(11)19-7-3-4-8-19)17-15-14(20(21)22)16-10-18(15)2/h5-6,9-10,17H,3-4,7-8H2,1-2H3. The molecule has 0 unspecified atom stereocenters. The normalized spacial score (nSPS) is 14.4. The molecule has 0 bridgehead atoms. The maximum absolute atomic E-state index is 11.0. The zero-order chi connectivity index (χ0) is 15.7. The first-order chi connectivity index (χ1) is 10.6. The number of benzene rings is 1. The topological polar surface area (TPSA) is 76.2 Å². The first kappa shape index (κ1) is 14.4. The maximum atomic E-state index is 11.0. The van der Waals surface area contributed by atoms with Gasteiger partial charge < -0.3 is 20.3 Å². The summed E-state index contributed by atoms with van der Waals surface area (Å²) >= 11 is 0. The van der Waals surface area contributed by atoms with Crippen LogP contribution in [0, 0.1) is 17.0 Å². The number of aryl methyl sites for hydroxylation is 2. The quantitative estimate of drug-likeness (QED) is 0.694. The highest BCUT2D eigenvalue weighted by Crippen LogP contribution is 2.30. The third-order valence-corrected chi connectivity index (χ3v) is 4.00. The van der Waals surface area contributed by atoms with Crippen molar-refractivity contribution in [1.82, 2.24) is 9.55 Å². The molecule has 116 valence electrons. The van der Waals surface area contributed by atoms with Gasteiger partial charge in [0.05, 0.1) is 0 Å². The van der Waals surface area contributed by atoms with Crippen LogP contribution < -0.4 is 10.2 Å². The van der Waals surface area contributed by atoms with Gasteiger partial charge in [0, 0.05) is 31.5 Å². The average Bonchev–Trinajstić information content (AvgIpc) is 3.10. The molecule has 7 heteroatoms. The van der Waals surface area contributed by atoms with Gasteiger partial charge in [-0.25, -0.2) is 0 Å². The molecular weight excluding hydrogens is 282 g/mol. The van der Waals surface area contributed by atoms with E-state index in [1.165, 1.54) is 24.9 Å². The van der Waals surface area contributed by atoms with Gasteiger partial charge in [-0.1, -0.05) is 0 Å². The third-order valence-electron chi connectivity index (χ3n) is 4.00. The van der Waals surface area contributed by atoms with E-state index in [-0.39, 0.29) is 5.82 Å². The van der Waals surface area contributed by atoms with Crippen LogP contribution in [-0.2, 0) is 7.05 Å². The summed E-state index contributed by atoms with van der Waals surface area (Å²) in [6, 6.07) is 6.05. The van der Waals surface area contributed by atoms with Gasteiger partial charge in [0.25, 0.3) is 0 Å². The molecule has 1 saturated heterocycles. The van der Waals surface area contributed by atoms with Gasteiger partial charge in [0.1, 0.15) is 0 Å². The van der Waals surface area contributed by atoms with Gasteiger partial charge in [-0.15, -0.1) is 0 Å². The number of aromatic nitrogens is 2. The van der Waals surface area contributed by atoms with Gasteiger partial charge in [0.2, 0.25) is 12.1 Å². The van der Waals surface area contributed by atoms with E-state index in [1.807, 2.05) is 12.1 Å². The number of nitrogens with zero attached hydrogens (tertiary/aromatic N) is 4.